The molecule has 1 atom stereocenters. The Morgan fingerprint density at radius 1 is 1.03 bits per heavy atom. The van der Waals surface area contributed by atoms with Crippen LogP contribution in [0.1, 0.15) is 50.8 Å². The smallest absolute Gasteiger partial charge is 0.346 e. The number of hydrogen-bond acceptors (Lipinski definition) is 5. The molecule has 7 nitrogen and oxygen atoms in total. The fraction of sp³-hybridized carbons (Fsp3) is 0.231. The van der Waals surface area contributed by atoms with Gasteiger partial charge in [0.05, 0.1) is 10.5 Å². The monoisotopic (exact) mass is 498 g/mol. The maximum absolute atomic E-state index is 14.1. The summed E-state index contributed by atoms with van der Waals surface area (Å²) in [5, 5.41) is 0. The molecule has 3 rings (SSSR count). The minimum Gasteiger partial charge on any atom is -0.423 e. The molecule has 35 heavy (non-hydrogen) atoms. The molecule has 3 aromatic rings. The van der Waals surface area contributed by atoms with Gasteiger partial charge in [-0.2, -0.15) is 0 Å². The molecule has 1 unspecified atom stereocenters. The highest BCUT2D eigenvalue weighted by Gasteiger charge is 2.21. The number of ether oxygens (including phenoxy) is 1. The normalized spacial score (nSPS) is 12.2. The van der Waals surface area contributed by atoms with Gasteiger partial charge in [0.1, 0.15) is 11.6 Å². The number of halogens is 1. The Morgan fingerprint density at radius 3 is 2.37 bits per heavy atom. The summed E-state index contributed by atoms with van der Waals surface area (Å²) in [7, 11) is -3.91. The summed E-state index contributed by atoms with van der Waals surface area (Å²) in [5.74, 6) is -2.11. The molecule has 0 spiro atoms. The SMILES string of the molecule is Cc1ccc(F)c(C(=O)Oc2cc(S(=O)(=O)NC(C)CCc3ccc(C(N)=O)cc3)ccc2C)c1. The van der Waals surface area contributed by atoms with Gasteiger partial charge in [-0.25, -0.2) is 22.3 Å². The Kier molecular flexibility index (Phi) is 8.03. The summed E-state index contributed by atoms with van der Waals surface area (Å²) >= 11 is 0. The molecule has 3 aromatic carbocycles. The third-order valence-corrected chi connectivity index (χ3v) is 7.06. The van der Waals surface area contributed by atoms with E-state index in [4.69, 9.17) is 10.5 Å². The quantitative estimate of drug-likeness (QED) is 0.341. The molecule has 0 aliphatic heterocycles. The van der Waals surface area contributed by atoms with Gasteiger partial charge >= 0.3 is 5.97 Å². The van der Waals surface area contributed by atoms with Crippen LogP contribution < -0.4 is 15.2 Å². The van der Waals surface area contributed by atoms with E-state index in [0.29, 0.717) is 29.5 Å². The van der Waals surface area contributed by atoms with Crippen molar-refractivity contribution < 1.29 is 27.1 Å². The molecule has 1 amide bonds. The van der Waals surface area contributed by atoms with E-state index >= 15 is 0 Å². The van der Waals surface area contributed by atoms with Crippen LogP contribution in [0.5, 0.6) is 5.75 Å². The van der Waals surface area contributed by atoms with Gasteiger partial charge in [-0.15, -0.1) is 0 Å². The number of hydrogen-bond donors (Lipinski definition) is 2. The van der Waals surface area contributed by atoms with Crippen molar-refractivity contribution in [2.24, 2.45) is 5.73 Å². The van der Waals surface area contributed by atoms with Crippen LogP contribution in [0.15, 0.2) is 65.6 Å². The lowest BCUT2D eigenvalue weighted by molar-refractivity contribution is 0.0727. The lowest BCUT2D eigenvalue weighted by Gasteiger charge is -2.16. The molecule has 0 aliphatic carbocycles. The number of primary amides is 1. The Bertz CT molecular complexity index is 1350. The van der Waals surface area contributed by atoms with Gasteiger partial charge in [-0.3, -0.25) is 4.79 Å². The van der Waals surface area contributed by atoms with Crippen molar-refractivity contribution in [3.05, 3.63) is 94.3 Å². The highest BCUT2D eigenvalue weighted by Crippen LogP contribution is 2.24. The molecular weight excluding hydrogens is 471 g/mol. The molecule has 0 bridgehead atoms. The second-order valence-corrected chi connectivity index (χ2v) is 10.1. The number of esters is 1. The number of amides is 1. The predicted molar refractivity (Wildman–Crippen MR) is 130 cm³/mol. The zero-order chi connectivity index (χ0) is 25.8. The molecule has 0 heterocycles. The van der Waals surface area contributed by atoms with E-state index in [1.54, 1.807) is 45.0 Å². The van der Waals surface area contributed by atoms with Gasteiger partial charge < -0.3 is 10.5 Å². The molecular formula is C26H27FN2O5S. The molecule has 0 fully saturated rings. The van der Waals surface area contributed by atoms with Crippen LogP contribution in [0.3, 0.4) is 0 Å². The van der Waals surface area contributed by atoms with E-state index in [-0.39, 0.29) is 16.2 Å². The first kappa shape index (κ1) is 26.1. The number of carbonyl (C=O) groups excluding carboxylic acids is 2. The minimum atomic E-state index is -3.91. The van der Waals surface area contributed by atoms with Crippen LogP contribution >= 0.6 is 0 Å². The summed E-state index contributed by atoms with van der Waals surface area (Å²) in [4.78, 5) is 23.6. The lowest BCUT2D eigenvalue weighted by Crippen LogP contribution is -2.33. The molecule has 0 radical (unpaired) electrons. The summed E-state index contributed by atoms with van der Waals surface area (Å²) in [6.07, 6.45) is 1.09. The summed E-state index contributed by atoms with van der Waals surface area (Å²) in [5.41, 5.74) is 7.57. The van der Waals surface area contributed by atoms with Crippen LogP contribution in [0.2, 0.25) is 0 Å². The maximum atomic E-state index is 14.1. The first-order chi connectivity index (χ1) is 16.5. The highest BCUT2D eigenvalue weighted by molar-refractivity contribution is 7.89. The van der Waals surface area contributed by atoms with Crippen molar-refractivity contribution in [1.29, 1.82) is 0 Å². The third-order valence-electron chi connectivity index (χ3n) is 5.48. The Hall–Kier alpha value is -3.56. The predicted octanol–water partition coefficient (Wildman–Crippen LogP) is 4.06. The third kappa shape index (κ3) is 6.74. The van der Waals surface area contributed by atoms with E-state index in [1.807, 2.05) is 0 Å². The second kappa shape index (κ2) is 10.8. The maximum Gasteiger partial charge on any atom is 0.346 e. The van der Waals surface area contributed by atoms with Gasteiger partial charge in [-0.1, -0.05) is 29.8 Å². The molecule has 0 aliphatic rings. The fourth-order valence-electron chi connectivity index (χ4n) is 3.42. The van der Waals surface area contributed by atoms with Gasteiger partial charge in [-0.05, 0) is 75.1 Å². The van der Waals surface area contributed by atoms with Gasteiger partial charge in [0.25, 0.3) is 0 Å². The topological polar surface area (TPSA) is 116 Å². The zero-order valence-electron chi connectivity index (χ0n) is 19.7. The van der Waals surface area contributed by atoms with Gasteiger partial charge in [0.15, 0.2) is 0 Å². The van der Waals surface area contributed by atoms with Gasteiger partial charge in [0, 0.05) is 17.7 Å². The Balaban J connectivity index is 1.69. The average molecular weight is 499 g/mol. The number of aryl methyl sites for hydroxylation is 3. The fourth-order valence-corrected chi connectivity index (χ4v) is 4.71. The van der Waals surface area contributed by atoms with E-state index in [9.17, 15) is 22.4 Å². The Labute approximate surface area is 204 Å². The molecule has 9 heteroatoms. The molecule has 0 aromatic heterocycles. The van der Waals surface area contributed by atoms with Crippen molar-refractivity contribution in [2.75, 3.05) is 0 Å². The minimum absolute atomic E-state index is 0.0287. The number of carbonyl (C=O) groups is 2. The van der Waals surface area contributed by atoms with Crippen molar-refractivity contribution in [1.82, 2.24) is 4.72 Å². The number of nitrogens with one attached hydrogen (secondary N) is 1. The standard InChI is InChI=1S/C26H27FN2O5S/c1-16-4-13-23(27)22(14-16)26(31)34-24-15-21(12-5-17(24)2)35(32,33)29-18(3)6-7-19-8-10-20(11-9-19)25(28)30/h4-5,8-15,18,29H,6-7H2,1-3H3,(H2,28,30). The van der Waals surface area contributed by atoms with Crippen LogP contribution in [-0.2, 0) is 16.4 Å². The summed E-state index contributed by atoms with van der Waals surface area (Å²) in [6.45, 7) is 5.12. The average Bonchev–Trinajstić information content (AvgIpc) is 2.80. The van der Waals surface area contributed by atoms with Crippen LogP contribution in [-0.4, -0.2) is 26.3 Å². The van der Waals surface area contributed by atoms with Crippen molar-refractivity contribution in [2.45, 2.75) is 44.6 Å². The molecule has 184 valence electrons. The Morgan fingerprint density at radius 2 is 1.71 bits per heavy atom. The summed E-state index contributed by atoms with van der Waals surface area (Å²) in [6, 6.07) is 14.7. The lowest BCUT2D eigenvalue weighted by atomic mass is 10.0. The number of rotatable bonds is 9. The van der Waals surface area contributed by atoms with Crippen LogP contribution in [0, 0.1) is 19.7 Å². The molecule has 3 N–H and O–H groups in total. The largest absolute Gasteiger partial charge is 0.423 e. The number of benzene rings is 3. The van der Waals surface area contributed by atoms with Crippen LogP contribution in [0.4, 0.5) is 4.39 Å². The van der Waals surface area contributed by atoms with Crippen LogP contribution in [0.25, 0.3) is 0 Å². The van der Waals surface area contributed by atoms with Gasteiger partial charge in [0.2, 0.25) is 15.9 Å². The van der Waals surface area contributed by atoms with Crippen molar-refractivity contribution in [3.8, 4) is 5.75 Å². The number of nitrogens with two attached hydrogens (primary N) is 1. The van der Waals surface area contributed by atoms with E-state index in [1.165, 1.54) is 36.4 Å². The first-order valence-corrected chi connectivity index (χ1v) is 12.4. The first-order valence-electron chi connectivity index (χ1n) is 11.0. The van der Waals surface area contributed by atoms with E-state index in [0.717, 1.165) is 5.56 Å². The second-order valence-electron chi connectivity index (χ2n) is 8.42. The van der Waals surface area contributed by atoms with E-state index < -0.39 is 33.8 Å². The molecule has 0 saturated heterocycles. The highest BCUT2D eigenvalue weighted by atomic mass is 32.2. The summed E-state index contributed by atoms with van der Waals surface area (Å²) < 4.78 is 47.9. The number of sulfonamides is 1. The molecule has 0 saturated carbocycles. The van der Waals surface area contributed by atoms with Crippen molar-refractivity contribution in [3.63, 3.8) is 0 Å². The van der Waals surface area contributed by atoms with Crippen molar-refractivity contribution >= 4 is 21.9 Å². The zero-order valence-corrected chi connectivity index (χ0v) is 20.5. The van der Waals surface area contributed by atoms with E-state index in [2.05, 4.69) is 4.72 Å².